The standard InChI is InChI=1S/C19H20Cl2N6O4/c1-9-16-12(24-27-19(22)23)3-2-4-14(16)31-17(9)18(29)26-25-15(28)8-30-13-6-5-10(20)7-11(13)21/h5-7H,2-4,8H2,1H3,(H,25,28)(H,26,29)(H4,22,23,27)/b24-12+. The van der Waals surface area contributed by atoms with E-state index in [0.29, 0.717) is 40.5 Å². The molecule has 0 saturated heterocycles. The van der Waals surface area contributed by atoms with Crippen LogP contribution in [0.15, 0.2) is 32.8 Å². The van der Waals surface area contributed by atoms with Crippen molar-refractivity contribution in [3.63, 3.8) is 0 Å². The first-order valence-corrected chi connectivity index (χ1v) is 9.97. The second-order valence-corrected chi connectivity index (χ2v) is 7.49. The average molecular weight is 467 g/mol. The van der Waals surface area contributed by atoms with Crippen LogP contribution in [0.2, 0.25) is 10.0 Å². The molecule has 0 fully saturated rings. The molecule has 0 spiro atoms. The van der Waals surface area contributed by atoms with Gasteiger partial charge >= 0.3 is 5.91 Å². The van der Waals surface area contributed by atoms with E-state index < -0.39 is 11.8 Å². The van der Waals surface area contributed by atoms with E-state index in [2.05, 4.69) is 21.1 Å². The van der Waals surface area contributed by atoms with Crippen LogP contribution in [0, 0.1) is 6.92 Å². The van der Waals surface area contributed by atoms with Crippen molar-refractivity contribution in [3.8, 4) is 5.75 Å². The fourth-order valence-corrected chi connectivity index (χ4v) is 3.52. The molecule has 1 aromatic heterocycles. The summed E-state index contributed by atoms with van der Waals surface area (Å²) in [6, 6.07) is 4.60. The maximum absolute atomic E-state index is 12.5. The molecule has 1 aromatic carbocycles. The average Bonchev–Trinajstić information content (AvgIpc) is 3.07. The SMILES string of the molecule is Cc1c(C(=O)NNC(=O)COc2ccc(Cl)cc2Cl)oc2c1/C(=N/N=C(N)N)CCC2. The summed E-state index contributed by atoms with van der Waals surface area (Å²) in [6.07, 6.45) is 2.07. The molecule has 0 atom stereocenters. The van der Waals surface area contributed by atoms with Crippen LogP contribution in [-0.2, 0) is 11.2 Å². The number of carbonyl (C=O) groups excluding carboxylic acids is 2. The summed E-state index contributed by atoms with van der Waals surface area (Å²) < 4.78 is 11.0. The number of nitrogens with two attached hydrogens (primary N) is 2. The van der Waals surface area contributed by atoms with Crippen molar-refractivity contribution >= 4 is 46.7 Å². The van der Waals surface area contributed by atoms with E-state index in [-0.39, 0.29) is 29.1 Å². The molecule has 10 nitrogen and oxygen atoms in total. The lowest BCUT2D eigenvalue weighted by Crippen LogP contribution is -2.43. The number of carbonyl (C=O) groups is 2. The highest BCUT2D eigenvalue weighted by Gasteiger charge is 2.28. The van der Waals surface area contributed by atoms with E-state index in [1.54, 1.807) is 13.0 Å². The Morgan fingerprint density at radius 3 is 2.71 bits per heavy atom. The van der Waals surface area contributed by atoms with Gasteiger partial charge in [0.15, 0.2) is 12.4 Å². The first-order valence-electron chi connectivity index (χ1n) is 9.21. The molecule has 164 valence electrons. The number of nitrogens with zero attached hydrogens (tertiary/aromatic N) is 2. The number of hydrogen-bond donors (Lipinski definition) is 4. The number of hydrazine groups is 1. The molecule has 31 heavy (non-hydrogen) atoms. The van der Waals surface area contributed by atoms with Crippen molar-refractivity contribution in [2.24, 2.45) is 21.7 Å². The Hall–Kier alpha value is -3.24. The maximum Gasteiger partial charge on any atom is 0.305 e. The number of ether oxygens (including phenoxy) is 1. The minimum Gasteiger partial charge on any atom is -0.482 e. The van der Waals surface area contributed by atoms with Gasteiger partial charge in [-0.2, -0.15) is 5.10 Å². The number of hydrogen-bond acceptors (Lipinski definition) is 6. The summed E-state index contributed by atoms with van der Waals surface area (Å²) in [5.41, 5.74) is 17.1. The van der Waals surface area contributed by atoms with Gasteiger partial charge in [-0.05, 0) is 38.0 Å². The van der Waals surface area contributed by atoms with Crippen LogP contribution in [0.1, 0.15) is 40.3 Å². The highest BCUT2D eigenvalue weighted by Crippen LogP contribution is 2.30. The number of benzene rings is 1. The second kappa shape index (κ2) is 9.71. The van der Waals surface area contributed by atoms with Gasteiger partial charge < -0.3 is 20.6 Å². The highest BCUT2D eigenvalue weighted by molar-refractivity contribution is 6.35. The van der Waals surface area contributed by atoms with Crippen molar-refractivity contribution in [1.82, 2.24) is 10.9 Å². The van der Waals surface area contributed by atoms with Gasteiger partial charge in [0, 0.05) is 22.6 Å². The van der Waals surface area contributed by atoms with Crippen molar-refractivity contribution in [3.05, 3.63) is 50.9 Å². The van der Waals surface area contributed by atoms with Gasteiger partial charge in [-0.1, -0.05) is 23.2 Å². The lowest BCUT2D eigenvalue weighted by molar-refractivity contribution is -0.123. The van der Waals surface area contributed by atoms with Crippen LogP contribution < -0.4 is 27.1 Å². The van der Waals surface area contributed by atoms with Crippen molar-refractivity contribution in [2.45, 2.75) is 26.2 Å². The Bertz CT molecular complexity index is 1080. The molecule has 2 aromatic rings. The molecule has 0 bridgehead atoms. The number of guanidine groups is 1. The molecule has 1 heterocycles. The zero-order valence-corrected chi connectivity index (χ0v) is 18.0. The van der Waals surface area contributed by atoms with E-state index in [1.807, 2.05) is 0 Å². The monoisotopic (exact) mass is 466 g/mol. The lowest BCUT2D eigenvalue weighted by Gasteiger charge is -2.11. The summed E-state index contributed by atoms with van der Waals surface area (Å²) in [7, 11) is 0. The van der Waals surface area contributed by atoms with E-state index in [9.17, 15) is 9.59 Å². The summed E-state index contributed by atoms with van der Waals surface area (Å²) >= 11 is 11.8. The third-order valence-electron chi connectivity index (χ3n) is 4.39. The Morgan fingerprint density at radius 1 is 1.23 bits per heavy atom. The van der Waals surface area contributed by atoms with E-state index >= 15 is 0 Å². The normalized spacial score (nSPS) is 14.0. The minimum atomic E-state index is -0.619. The summed E-state index contributed by atoms with van der Waals surface area (Å²) in [5, 5.41) is 8.45. The number of rotatable bonds is 5. The Morgan fingerprint density at radius 2 is 2.00 bits per heavy atom. The smallest absolute Gasteiger partial charge is 0.305 e. The predicted molar refractivity (Wildman–Crippen MR) is 116 cm³/mol. The van der Waals surface area contributed by atoms with Crippen LogP contribution in [-0.4, -0.2) is 30.1 Å². The summed E-state index contributed by atoms with van der Waals surface area (Å²) in [5.74, 6) is -0.413. The van der Waals surface area contributed by atoms with Crippen LogP contribution in [0.3, 0.4) is 0 Å². The molecule has 12 heteroatoms. The van der Waals surface area contributed by atoms with Crippen molar-refractivity contribution < 1.29 is 18.7 Å². The van der Waals surface area contributed by atoms with Gasteiger partial charge in [-0.15, -0.1) is 5.10 Å². The van der Waals surface area contributed by atoms with Gasteiger partial charge in [-0.3, -0.25) is 20.4 Å². The zero-order chi connectivity index (χ0) is 22.5. The molecule has 1 aliphatic rings. The summed E-state index contributed by atoms with van der Waals surface area (Å²) in [4.78, 5) is 24.5. The van der Waals surface area contributed by atoms with Gasteiger partial charge in [0.1, 0.15) is 11.5 Å². The van der Waals surface area contributed by atoms with Gasteiger partial charge in [-0.25, -0.2) is 0 Å². The quantitative estimate of drug-likeness (QED) is 0.299. The minimum absolute atomic E-state index is 0.0614. The van der Waals surface area contributed by atoms with Crippen LogP contribution >= 0.6 is 23.2 Å². The summed E-state index contributed by atoms with van der Waals surface area (Å²) in [6.45, 7) is 1.35. The number of furan rings is 1. The Labute approximate surface area is 187 Å². The van der Waals surface area contributed by atoms with E-state index in [0.717, 1.165) is 6.42 Å². The second-order valence-electron chi connectivity index (χ2n) is 6.65. The molecular formula is C19H20Cl2N6O4. The van der Waals surface area contributed by atoms with Crippen molar-refractivity contribution in [1.29, 1.82) is 0 Å². The highest BCUT2D eigenvalue weighted by atomic mass is 35.5. The molecule has 0 aliphatic heterocycles. The molecule has 0 saturated carbocycles. The Balaban J connectivity index is 1.63. The number of halogens is 2. The molecular weight excluding hydrogens is 447 g/mol. The predicted octanol–water partition coefficient (Wildman–Crippen LogP) is 2.05. The largest absolute Gasteiger partial charge is 0.482 e. The third kappa shape index (κ3) is 5.47. The van der Waals surface area contributed by atoms with Crippen molar-refractivity contribution in [2.75, 3.05) is 6.61 Å². The molecule has 1 aliphatic carbocycles. The molecule has 0 radical (unpaired) electrons. The first-order chi connectivity index (χ1) is 14.8. The molecule has 2 amide bonds. The first kappa shape index (κ1) is 22.4. The topological polar surface area (TPSA) is 157 Å². The van der Waals surface area contributed by atoms with Crippen LogP contribution in [0.25, 0.3) is 0 Å². The van der Waals surface area contributed by atoms with E-state index in [1.165, 1.54) is 12.1 Å². The van der Waals surface area contributed by atoms with Crippen LogP contribution in [0.5, 0.6) is 5.75 Å². The number of nitrogens with one attached hydrogen (secondary N) is 2. The molecule has 3 rings (SSSR count). The van der Waals surface area contributed by atoms with Gasteiger partial charge in [0.25, 0.3) is 5.91 Å². The number of aryl methyl sites for hydroxylation is 1. The van der Waals surface area contributed by atoms with Crippen LogP contribution in [0.4, 0.5) is 0 Å². The number of fused-ring (bicyclic) bond motifs is 1. The zero-order valence-electron chi connectivity index (χ0n) is 16.5. The fraction of sp³-hybridized carbons (Fsp3) is 0.263. The maximum atomic E-state index is 12.5. The van der Waals surface area contributed by atoms with Gasteiger partial charge in [0.05, 0.1) is 10.7 Å². The fourth-order valence-electron chi connectivity index (χ4n) is 3.06. The third-order valence-corrected chi connectivity index (χ3v) is 4.92. The van der Waals surface area contributed by atoms with Gasteiger partial charge in [0.2, 0.25) is 5.96 Å². The molecule has 6 N–H and O–H groups in total. The molecule has 0 unspecified atom stereocenters. The van der Waals surface area contributed by atoms with E-state index in [4.69, 9.17) is 43.8 Å². The Kier molecular flexibility index (Phi) is 7.03. The number of amides is 2. The lowest BCUT2D eigenvalue weighted by atomic mass is 9.93.